The molecule has 0 saturated carbocycles. The smallest absolute Gasteiger partial charge is 0.0974 e. The average molecular weight is 238 g/mol. The molecule has 1 fully saturated rings. The molecule has 0 amide bonds. The highest BCUT2D eigenvalue weighted by molar-refractivity contribution is 7.80. The lowest BCUT2D eigenvalue weighted by Crippen LogP contribution is -2.39. The van der Waals surface area contributed by atoms with Crippen LogP contribution in [-0.2, 0) is 15.1 Å². The fraction of sp³-hybridized carbons (Fsp3) is 0.538. The fourth-order valence-electron chi connectivity index (χ4n) is 2.41. The summed E-state index contributed by atoms with van der Waals surface area (Å²) in [4.78, 5) is 0.980. The Kier molecular flexibility index (Phi) is 3.57. The molecular formula is C13H18O2S. The minimum absolute atomic E-state index is 0.198. The second-order valence-corrected chi connectivity index (χ2v) is 4.90. The van der Waals surface area contributed by atoms with Crippen LogP contribution in [0.4, 0.5) is 0 Å². The van der Waals surface area contributed by atoms with E-state index in [1.165, 1.54) is 5.56 Å². The molecule has 0 N–H and O–H groups in total. The molecule has 2 rings (SSSR count). The maximum absolute atomic E-state index is 5.78. The molecule has 88 valence electrons. The number of hydrogen-bond donors (Lipinski definition) is 1. The molecule has 0 spiro atoms. The zero-order chi connectivity index (χ0) is 11.6. The Morgan fingerprint density at radius 1 is 1.50 bits per heavy atom. The quantitative estimate of drug-likeness (QED) is 0.798. The Balaban J connectivity index is 2.33. The number of thiol groups is 1. The first-order valence-corrected chi connectivity index (χ1v) is 6.07. The van der Waals surface area contributed by atoms with Gasteiger partial charge in [0.15, 0.2) is 0 Å². The third-order valence-electron chi connectivity index (χ3n) is 3.29. The Morgan fingerprint density at radius 3 is 2.94 bits per heavy atom. The summed E-state index contributed by atoms with van der Waals surface area (Å²) in [7, 11) is 1.78. The molecule has 16 heavy (non-hydrogen) atoms. The van der Waals surface area contributed by atoms with Gasteiger partial charge in [0.05, 0.1) is 18.3 Å². The highest BCUT2D eigenvalue weighted by Crippen LogP contribution is 2.38. The van der Waals surface area contributed by atoms with E-state index < -0.39 is 0 Å². The zero-order valence-electron chi connectivity index (χ0n) is 9.77. The van der Waals surface area contributed by atoms with Crippen LogP contribution in [0.5, 0.6) is 0 Å². The molecule has 0 radical (unpaired) electrons. The van der Waals surface area contributed by atoms with Crippen molar-refractivity contribution >= 4 is 12.6 Å². The summed E-state index contributed by atoms with van der Waals surface area (Å²) in [6.07, 6.45) is 2.06. The van der Waals surface area contributed by atoms with Crippen molar-refractivity contribution in [1.29, 1.82) is 0 Å². The van der Waals surface area contributed by atoms with Crippen LogP contribution in [0.1, 0.15) is 25.3 Å². The Labute approximate surface area is 102 Å². The van der Waals surface area contributed by atoms with Gasteiger partial charge in [-0.3, -0.25) is 0 Å². The fourth-order valence-corrected chi connectivity index (χ4v) is 2.63. The predicted molar refractivity (Wildman–Crippen MR) is 67.0 cm³/mol. The molecule has 1 aliphatic rings. The first-order valence-electron chi connectivity index (χ1n) is 5.62. The predicted octanol–water partition coefficient (Wildman–Crippen LogP) is 3.02. The van der Waals surface area contributed by atoms with Crippen molar-refractivity contribution in [3.05, 3.63) is 29.8 Å². The highest BCUT2D eigenvalue weighted by Gasteiger charge is 2.37. The summed E-state index contributed by atoms with van der Waals surface area (Å²) in [6, 6.07) is 8.21. The third-order valence-corrected chi connectivity index (χ3v) is 3.57. The van der Waals surface area contributed by atoms with Crippen molar-refractivity contribution in [1.82, 2.24) is 0 Å². The van der Waals surface area contributed by atoms with Gasteiger partial charge in [-0.05, 0) is 24.6 Å². The molecule has 1 aromatic rings. The van der Waals surface area contributed by atoms with E-state index in [0.717, 1.165) is 24.3 Å². The van der Waals surface area contributed by atoms with Crippen LogP contribution in [0.3, 0.4) is 0 Å². The van der Waals surface area contributed by atoms with E-state index in [-0.39, 0.29) is 11.7 Å². The van der Waals surface area contributed by atoms with Crippen LogP contribution in [0.25, 0.3) is 0 Å². The number of benzene rings is 1. The molecule has 2 nitrogen and oxygen atoms in total. The molecular weight excluding hydrogens is 220 g/mol. The minimum atomic E-state index is -0.198. The molecule has 0 aromatic heterocycles. The van der Waals surface area contributed by atoms with Gasteiger partial charge in [0.2, 0.25) is 0 Å². The second-order valence-electron chi connectivity index (χ2n) is 4.38. The SMILES string of the molecule is CO[C@]1(c2cccc(S)c2)CCO[C@@H](C)C1. The van der Waals surface area contributed by atoms with Gasteiger partial charge >= 0.3 is 0 Å². The summed E-state index contributed by atoms with van der Waals surface area (Å²) >= 11 is 4.39. The lowest BCUT2D eigenvalue weighted by atomic mass is 9.84. The van der Waals surface area contributed by atoms with Gasteiger partial charge in [-0.1, -0.05) is 12.1 Å². The number of rotatable bonds is 2. The van der Waals surface area contributed by atoms with Crippen molar-refractivity contribution in [3.8, 4) is 0 Å². The molecule has 1 saturated heterocycles. The van der Waals surface area contributed by atoms with Crippen LogP contribution in [0.2, 0.25) is 0 Å². The molecule has 0 bridgehead atoms. The normalized spacial score (nSPS) is 30.3. The van der Waals surface area contributed by atoms with Crippen LogP contribution < -0.4 is 0 Å². The maximum Gasteiger partial charge on any atom is 0.0974 e. The Morgan fingerprint density at radius 2 is 2.31 bits per heavy atom. The largest absolute Gasteiger partial charge is 0.378 e. The van der Waals surface area contributed by atoms with Crippen molar-refractivity contribution < 1.29 is 9.47 Å². The number of ether oxygens (including phenoxy) is 2. The maximum atomic E-state index is 5.78. The van der Waals surface area contributed by atoms with E-state index in [0.29, 0.717) is 0 Å². The lowest BCUT2D eigenvalue weighted by molar-refractivity contribution is -0.122. The molecule has 0 unspecified atom stereocenters. The van der Waals surface area contributed by atoms with E-state index in [2.05, 4.69) is 31.7 Å². The van der Waals surface area contributed by atoms with Crippen molar-refractivity contribution in [2.45, 2.75) is 36.4 Å². The molecule has 0 aliphatic carbocycles. The minimum Gasteiger partial charge on any atom is -0.378 e. The van der Waals surface area contributed by atoms with Gasteiger partial charge in [0, 0.05) is 24.8 Å². The van der Waals surface area contributed by atoms with Crippen molar-refractivity contribution in [2.24, 2.45) is 0 Å². The Hall–Kier alpha value is -0.510. The molecule has 1 heterocycles. The lowest BCUT2D eigenvalue weighted by Gasteiger charge is -2.39. The first kappa shape index (κ1) is 12.0. The van der Waals surface area contributed by atoms with Crippen LogP contribution in [0.15, 0.2) is 29.2 Å². The molecule has 1 aliphatic heterocycles. The van der Waals surface area contributed by atoms with Gasteiger partial charge in [-0.15, -0.1) is 12.6 Å². The summed E-state index contributed by atoms with van der Waals surface area (Å²) < 4.78 is 11.4. The summed E-state index contributed by atoms with van der Waals surface area (Å²) in [5.74, 6) is 0. The van der Waals surface area contributed by atoms with E-state index in [1.54, 1.807) is 7.11 Å². The summed E-state index contributed by atoms with van der Waals surface area (Å²) in [5, 5.41) is 0. The summed E-state index contributed by atoms with van der Waals surface area (Å²) in [6.45, 7) is 2.85. The summed E-state index contributed by atoms with van der Waals surface area (Å²) in [5.41, 5.74) is 1.01. The standard InChI is InChI=1S/C13H18O2S/c1-10-9-13(14-2,6-7-15-10)11-4-3-5-12(16)8-11/h3-5,8,10,16H,6-7,9H2,1-2H3/t10-,13+/m0/s1. The molecule has 1 aromatic carbocycles. The number of methoxy groups -OCH3 is 1. The van der Waals surface area contributed by atoms with Gasteiger partial charge in [-0.25, -0.2) is 0 Å². The highest BCUT2D eigenvalue weighted by atomic mass is 32.1. The third kappa shape index (κ3) is 2.26. The van der Waals surface area contributed by atoms with Gasteiger partial charge in [-0.2, -0.15) is 0 Å². The van der Waals surface area contributed by atoms with E-state index >= 15 is 0 Å². The van der Waals surface area contributed by atoms with E-state index in [1.807, 2.05) is 12.1 Å². The zero-order valence-corrected chi connectivity index (χ0v) is 10.7. The topological polar surface area (TPSA) is 18.5 Å². The number of hydrogen-bond acceptors (Lipinski definition) is 3. The van der Waals surface area contributed by atoms with Crippen LogP contribution in [-0.4, -0.2) is 19.8 Å². The molecule has 3 heteroatoms. The van der Waals surface area contributed by atoms with Crippen LogP contribution >= 0.6 is 12.6 Å². The van der Waals surface area contributed by atoms with Gasteiger partial charge in [0.1, 0.15) is 0 Å². The first-order chi connectivity index (χ1) is 7.66. The van der Waals surface area contributed by atoms with E-state index in [9.17, 15) is 0 Å². The molecule has 2 atom stereocenters. The van der Waals surface area contributed by atoms with Gasteiger partial charge < -0.3 is 9.47 Å². The van der Waals surface area contributed by atoms with Gasteiger partial charge in [0.25, 0.3) is 0 Å². The van der Waals surface area contributed by atoms with Crippen molar-refractivity contribution in [3.63, 3.8) is 0 Å². The second kappa shape index (κ2) is 4.78. The monoisotopic (exact) mass is 238 g/mol. The van der Waals surface area contributed by atoms with Crippen LogP contribution in [0, 0.1) is 0 Å². The Bertz CT molecular complexity index is 367. The van der Waals surface area contributed by atoms with Crippen molar-refractivity contribution in [2.75, 3.05) is 13.7 Å². The van der Waals surface area contributed by atoms with E-state index in [4.69, 9.17) is 9.47 Å². The average Bonchev–Trinajstić information content (AvgIpc) is 2.29.